The van der Waals surface area contributed by atoms with E-state index in [1.54, 1.807) is 18.2 Å². The molecular formula is C13H13O5. The first-order valence-electron chi connectivity index (χ1n) is 5.06. The summed E-state index contributed by atoms with van der Waals surface area (Å²) >= 11 is 0. The highest BCUT2D eigenvalue weighted by Crippen LogP contribution is 2.15. The number of hydrogen-bond donors (Lipinski definition) is 0. The molecule has 1 rings (SSSR count). The molecule has 5 nitrogen and oxygen atoms in total. The summed E-state index contributed by atoms with van der Waals surface area (Å²) in [6.45, 7) is 0. The molecule has 0 N–H and O–H groups in total. The van der Waals surface area contributed by atoms with Crippen molar-refractivity contribution in [2.45, 2.75) is 0 Å². The highest BCUT2D eigenvalue weighted by atomic mass is 16.5. The molecule has 0 amide bonds. The van der Waals surface area contributed by atoms with Gasteiger partial charge in [-0.15, -0.1) is 0 Å². The van der Waals surface area contributed by atoms with Crippen molar-refractivity contribution in [3.63, 3.8) is 0 Å². The van der Waals surface area contributed by atoms with Crippen molar-refractivity contribution in [3.05, 3.63) is 35.4 Å². The smallest absolute Gasteiger partial charge is 0.345 e. The van der Waals surface area contributed by atoms with Gasteiger partial charge in [-0.2, -0.15) is 0 Å². The van der Waals surface area contributed by atoms with Gasteiger partial charge in [-0.1, -0.05) is 6.07 Å². The third-order valence-electron chi connectivity index (χ3n) is 2.14. The normalized spacial score (nSPS) is 9.28. The summed E-state index contributed by atoms with van der Waals surface area (Å²) in [7, 11) is 3.89. The average Bonchev–Trinajstić information content (AvgIpc) is 2.43. The molecule has 0 spiro atoms. The lowest BCUT2D eigenvalue weighted by Crippen LogP contribution is -2.15. The van der Waals surface area contributed by atoms with E-state index in [-0.39, 0.29) is 5.57 Å². The lowest BCUT2D eigenvalue weighted by Gasteiger charge is -2.04. The van der Waals surface area contributed by atoms with Gasteiger partial charge in [0, 0.05) is 6.07 Å². The Morgan fingerprint density at radius 2 is 1.78 bits per heavy atom. The summed E-state index contributed by atoms with van der Waals surface area (Å²) in [5, 5.41) is 0. The zero-order chi connectivity index (χ0) is 13.5. The van der Waals surface area contributed by atoms with Crippen LogP contribution >= 0.6 is 0 Å². The van der Waals surface area contributed by atoms with Gasteiger partial charge in [-0.25, -0.2) is 9.59 Å². The van der Waals surface area contributed by atoms with Crippen molar-refractivity contribution in [2.75, 3.05) is 21.3 Å². The number of esters is 2. The standard InChI is InChI=1S/C13H13O5/c1-16-10-6-4-5-9(7-10)8-11(12(14)17-2)13(15)18-3/h4-5,7-8H,1-3H3. The van der Waals surface area contributed by atoms with E-state index in [0.717, 1.165) is 0 Å². The Morgan fingerprint density at radius 3 is 2.28 bits per heavy atom. The van der Waals surface area contributed by atoms with Gasteiger partial charge in [0.25, 0.3) is 0 Å². The van der Waals surface area contributed by atoms with Crippen molar-refractivity contribution in [3.8, 4) is 5.75 Å². The number of methoxy groups -OCH3 is 3. The van der Waals surface area contributed by atoms with Crippen molar-refractivity contribution >= 4 is 18.0 Å². The highest BCUT2D eigenvalue weighted by molar-refractivity contribution is 6.17. The minimum absolute atomic E-state index is 0.187. The molecule has 0 aliphatic carbocycles. The van der Waals surface area contributed by atoms with E-state index in [0.29, 0.717) is 11.3 Å². The maximum atomic E-state index is 11.4. The van der Waals surface area contributed by atoms with Crippen LogP contribution in [-0.4, -0.2) is 33.3 Å². The van der Waals surface area contributed by atoms with E-state index in [2.05, 4.69) is 15.5 Å². The second-order valence-electron chi connectivity index (χ2n) is 3.23. The molecule has 0 aliphatic rings. The summed E-state index contributed by atoms with van der Waals surface area (Å²) in [6.07, 6.45) is 1.37. The number of rotatable bonds is 4. The lowest BCUT2D eigenvalue weighted by atomic mass is 10.1. The molecule has 18 heavy (non-hydrogen) atoms. The molecular weight excluding hydrogens is 236 g/mol. The molecule has 0 saturated heterocycles. The maximum absolute atomic E-state index is 11.4. The Balaban J connectivity index is 3.14. The second kappa shape index (κ2) is 6.44. The van der Waals surface area contributed by atoms with Crippen LogP contribution in [-0.2, 0) is 19.1 Å². The summed E-state index contributed by atoms with van der Waals surface area (Å²) in [5.41, 5.74) is 0.421. The monoisotopic (exact) mass is 249 g/mol. The van der Waals surface area contributed by atoms with E-state index in [9.17, 15) is 9.59 Å². The highest BCUT2D eigenvalue weighted by Gasteiger charge is 2.19. The molecule has 1 aromatic rings. The first kappa shape index (κ1) is 13.8. The van der Waals surface area contributed by atoms with Crippen LogP contribution in [0, 0.1) is 6.07 Å². The van der Waals surface area contributed by atoms with Crippen LogP contribution in [0.4, 0.5) is 0 Å². The van der Waals surface area contributed by atoms with Crippen molar-refractivity contribution < 1.29 is 23.8 Å². The van der Waals surface area contributed by atoms with Crippen molar-refractivity contribution in [2.24, 2.45) is 0 Å². The third-order valence-corrected chi connectivity index (χ3v) is 2.14. The van der Waals surface area contributed by atoms with E-state index in [1.165, 1.54) is 27.4 Å². The molecule has 95 valence electrons. The Kier molecular flexibility index (Phi) is 4.92. The molecule has 1 radical (unpaired) electrons. The van der Waals surface area contributed by atoms with E-state index in [4.69, 9.17) is 4.74 Å². The Morgan fingerprint density at radius 1 is 1.17 bits per heavy atom. The molecule has 0 atom stereocenters. The molecule has 1 aromatic carbocycles. The second-order valence-corrected chi connectivity index (χ2v) is 3.23. The van der Waals surface area contributed by atoms with Crippen molar-refractivity contribution in [1.29, 1.82) is 0 Å². The summed E-state index contributed by atoms with van der Waals surface area (Å²) in [4.78, 5) is 22.9. The minimum atomic E-state index is -0.756. The van der Waals surface area contributed by atoms with Gasteiger partial charge in [0.1, 0.15) is 11.3 Å². The molecule has 0 saturated carbocycles. The summed E-state index contributed by atoms with van der Waals surface area (Å²) in [5.74, 6) is -1.01. The van der Waals surface area contributed by atoms with E-state index in [1.807, 2.05) is 0 Å². The SMILES string of the molecule is COC(=O)C(=Cc1cc[c]c(OC)c1)C(=O)OC. The van der Waals surface area contributed by atoms with Crippen LogP contribution in [0.3, 0.4) is 0 Å². The lowest BCUT2D eigenvalue weighted by molar-refractivity contribution is -0.143. The van der Waals surface area contributed by atoms with Gasteiger partial charge in [0.05, 0.1) is 21.3 Å². The number of carbonyl (C=O) groups excluding carboxylic acids is 2. The first-order chi connectivity index (χ1) is 8.62. The molecule has 0 bridgehead atoms. The van der Waals surface area contributed by atoms with Gasteiger partial charge >= 0.3 is 11.9 Å². The van der Waals surface area contributed by atoms with Gasteiger partial charge in [0.2, 0.25) is 0 Å². The predicted molar refractivity (Wildman–Crippen MR) is 63.8 cm³/mol. The van der Waals surface area contributed by atoms with Gasteiger partial charge in [-0.05, 0) is 23.8 Å². The largest absolute Gasteiger partial charge is 0.496 e. The van der Waals surface area contributed by atoms with Crippen LogP contribution < -0.4 is 4.74 Å². The summed E-state index contributed by atoms with van der Waals surface area (Å²) in [6, 6.07) is 7.76. The van der Waals surface area contributed by atoms with Gasteiger partial charge < -0.3 is 14.2 Å². The first-order valence-corrected chi connectivity index (χ1v) is 5.06. The van der Waals surface area contributed by atoms with Crippen molar-refractivity contribution in [1.82, 2.24) is 0 Å². The number of ether oxygens (including phenoxy) is 3. The van der Waals surface area contributed by atoms with Crippen LogP contribution in [0.15, 0.2) is 23.8 Å². The molecule has 0 unspecified atom stereocenters. The topological polar surface area (TPSA) is 61.8 Å². The fraction of sp³-hybridized carbons (Fsp3) is 0.231. The molecule has 0 fully saturated rings. The number of carbonyl (C=O) groups is 2. The van der Waals surface area contributed by atoms with Crippen LogP contribution in [0.1, 0.15) is 5.56 Å². The Labute approximate surface area is 105 Å². The van der Waals surface area contributed by atoms with E-state index < -0.39 is 11.9 Å². The van der Waals surface area contributed by atoms with Crippen LogP contribution in [0.5, 0.6) is 5.75 Å². The molecule has 0 aliphatic heterocycles. The quantitative estimate of drug-likeness (QED) is 0.347. The number of hydrogen-bond acceptors (Lipinski definition) is 5. The predicted octanol–water partition coefficient (Wildman–Crippen LogP) is 1.22. The minimum Gasteiger partial charge on any atom is -0.496 e. The fourth-order valence-corrected chi connectivity index (χ4v) is 1.26. The van der Waals surface area contributed by atoms with Crippen LogP contribution in [0.25, 0.3) is 6.08 Å². The van der Waals surface area contributed by atoms with Crippen LogP contribution in [0.2, 0.25) is 0 Å². The van der Waals surface area contributed by atoms with E-state index >= 15 is 0 Å². The third kappa shape index (κ3) is 3.35. The Bertz CT molecular complexity index is 458. The fourth-order valence-electron chi connectivity index (χ4n) is 1.26. The zero-order valence-corrected chi connectivity index (χ0v) is 10.4. The maximum Gasteiger partial charge on any atom is 0.345 e. The Hall–Kier alpha value is -2.30. The number of benzene rings is 1. The molecule has 0 aromatic heterocycles. The molecule has 0 heterocycles. The van der Waals surface area contributed by atoms with Gasteiger partial charge in [-0.3, -0.25) is 0 Å². The average molecular weight is 249 g/mol. The zero-order valence-electron chi connectivity index (χ0n) is 10.4. The molecule has 5 heteroatoms. The summed E-state index contributed by atoms with van der Waals surface area (Å²) < 4.78 is 14.0. The van der Waals surface area contributed by atoms with Gasteiger partial charge in [0.15, 0.2) is 0 Å².